The van der Waals surface area contributed by atoms with Gasteiger partial charge in [0.2, 0.25) is 0 Å². The Morgan fingerprint density at radius 2 is 1.27 bits per heavy atom. The van der Waals surface area contributed by atoms with E-state index in [0.717, 1.165) is 128 Å². The van der Waals surface area contributed by atoms with Crippen molar-refractivity contribution in [3.05, 3.63) is 71.3 Å². The van der Waals surface area contributed by atoms with Crippen molar-refractivity contribution in [3.63, 3.8) is 0 Å². The number of imide groups is 1. The maximum Gasteiger partial charge on any atom is 0.338 e. The lowest BCUT2D eigenvalue weighted by Gasteiger charge is -2.35. The molecule has 258 valence electrons. The molecule has 5 heteroatoms. The summed E-state index contributed by atoms with van der Waals surface area (Å²) in [5, 5.41) is 7.39. The number of ether oxygens (including phenoxy) is 1. The van der Waals surface area contributed by atoms with Crippen molar-refractivity contribution in [1.82, 2.24) is 4.90 Å². The van der Waals surface area contributed by atoms with Crippen molar-refractivity contribution in [2.45, 2.75) is 124 Å². The predicted octanol–water partition coefficient (Wildman–Crippen LogP) is 12.0. The zero-order valence-corrected chi connectivity index (χ0v) is 30.0. The van der Waals surface area contributed by atoms with Gasteiger partial charge >= 0.3 is 5.97 Å². The van der Waals surface area contributed by atoms with E-state index in [0.29, 0.717) is 34.6 Å². The normalized spacial score (nSPS) is 13.9. The second-order valence-electron chi connectivity index (χ2n) is 14.3. The lowest BCUT2D eigenvalue weighted by Crippen LogP contribution is -2.47. The summed E-state index contributed by atoms with van der Waals surface area (Å²) in [5.41, 5.74) is 1.41. The zero-order valence-electron chi connectivity index (χ0n) is 30.0. The van der Waals surface area contributed by atoms with Crippen LogP contribution in [0, 0.1) is 5.92 Å². The van der Waals surface area contributed by atoms with E-state index in [1.807, 2.05) is 18.2 Å². The van der Waals surface area contributed by atoms with E-state index in [1.54, 1.807) is 11.0 Å². The molecule has 6 rings (SSSR count). The quantitative estimate of drug-likeness (QED) is 0.0309. The van der Waals surface area contributed by atoms with Crippen LogP contribution >= 0.6 is 0 Å². The van der Waals surface area contributed by atoms with Gasteiger partial charge in [-0.3, -0.25) is 14.5 Å². The fourth-order valence-corrected chi connectivity index (χ4v) is 8.22. The minimum Gasteiger partial charge on any atom is -0.462 e. The van der Waals surface area contributed by atoms with Crippen LogP contribution in [-0.4, -0.2) is 35.3 Å². The Labute approximate surface area is 291 Å². The van der Waals surface area contributed by atoms with Gasteiger partial charge in [0, 0.05) is 27.9 Å². The molecule has 1 heterocycles. The first-order chi connectivity index (χ1) is 23.9. The molecule has 5 aromatic carbocycles. The highest BCUT2D eigenvalue weighted by atomic mass is 16.5. The first-order valence-electron chi connectivity index (χ1n) is 19.2. The fraction of sp³-hybridized carbons (Fsp3) is 0.477. The summed E-state index contributed by atoms with van der Waals surface area (Å²) in [6.07, 6.45) is 14.5. The Morgan fingerprint density at radius 1 is 0.633 bits per heavy atom. The van der Waals surface area contributed by atoms with Crippen LogP contribution in [0.15, 0.2) is 54.6 Å². The third kappa shape index (κ3) is 6.66. The van der Waals surface area contributed by atoms with E-state index in [9.17, 15) is 14.4 Å². The molecule has 0 fully saturated rings. The molecule has 0 bridgehead atoms. The highest BCUT2D eigenvalue weighted by Gasteiger charge is 2.39. The number of hydrogen-bond donors (Lipinski definition) is 0. The van der Waals surface area contributed by atoms with Crippen LogP contribution in [0.1, 0.15) is 149 Å². The van der Waals surface area contributed by atoms with Crippen molar-refractivity contribution >= 4 is 60.9 Å². The summed E-state index contributed by atoms with van der Waals surface area (Å²) in [4.78, 5) is 45.1. The van der Waals surface area contributed by atoms with E-state index in [2.05, 4.69) is 58.0 Å². The number of benzene rings is 5. The molecule has 1 atom stereocenters. The van der Waals surface area contributed by atoms with Gasteiger partial charge in [-0.25, -0.2) is 4.79 Å². The van der Waals surface area contributed by atoms with Gasteiger partial charge in [0.25, 0.3) is 11.8 Å². The molecule has 0 N–H and O–H groups in total. The molecule has 0 saturated carbocycles. The Morgan fingerprint density at radius 3 is 1.92 bits per heavy atom. The molecule has 0 aromatic heterocycles. The van der Waals surface area contributed by atoms with Crippen molar-refractivity contribution in [2.75, 3.05) is 6.61 Å². The molecule has 0 spiro atoms. The van der Waals surface area contributed by atoms with Gasteiger partial charge in [0.05, 0.1) is 12.2 Å². The molecular formula is C44H53NO4. The van der Waals surface area contributed by atoms with Crippen LogP contribution in [0.2, 0.25) is 0 Å². The van der Waals surface area contributed by atoms with Crippen molar-refractivity contribution in [1.29, 1.82) is 0 Å². The van der Waals surface area contributed by atoms with Gasteiger partial charge in [-0.1, -0.05) is 141 Å². The van der Waals surface area contributed by atoms with Crippen LogP contribution in [0.25, 0.3) is 43.1 Å². The lowest BCUT2D eigenvalue weighted by atomic mass is 9.82. The smallest absolute Gasteiger partial charge is 0.338 e. The van der Waals surface area contributed by atoms with E-state index in [-0.39, 0.29) is 17.9 Å². The van der Waals surface area contributed by atoms with Crippen molar-refractivity contribution < 1.29 is 19.1 Å². The van der Waals surface area contributed by atoms with Gasteiger partial charge in [0.1, 0.15) is 0 Å². The first kappa shape index (κ1) is 34.9. The SMILES string of the molecule is CCCCCCC(CCCCCC)N1C(=O)c2ccc3c4cccc5cccc(c6c(C(=O)OCC(CC)CCCC)cc(c2c36)C1=O)c54. The van der Waals surface area contributed by atoms with Gasteiger partial charge in [-0.05, 0) is 69.6 Å². The monoisotopic (exact) mass is 659 g/mol. The molecule has 0 aliphatic carbocycles. The second-order valence-corrected chi connectivity index (χ2v) is 14.3. The van der Waals surface area contributed by atoms with Crippen LogP contribution < -0.4 is 0 Å². The number of carbonyl (C=O) groups is 3. The van der Waals surface area contributed by atoms with Gasteiger partial charge in [0.15, 0.2) is 0 Å². The lowest BCUT2D eigenvalue weighted by molar-refractivity contribution is 0.0430. The molecular weight excluding hydrogens is 606 g/mol. The van der Waals surface area contributed by atoms with E-state index < -0.39 is 5.97 Å². The van der Waals surface area contributed by atoms with Crippen LogP contribution in [0.3, 0.4) is 0 Å². The average Bonchev–Trinajstić information content (AvgIpc) is 3.12. The molecule has 5 nitrogen and oxygen atoms in total. The molecule has 1 aliphatic heterocycles. The Bertz CT molecular complexity index is 1940. The molecule has 5 aromatic rings. The number of amides is 2. The van der Waals surface area contributed by atoms with E-state index in [1.165, 1.54) is 0 Å². The molecule has 49 heavy (non-hydrogen) atoms. The van der Waals surface area contributed by atoms with Crippen LogP contribution in [-0.2, 0) is 4.74 Å². The molecule has 2 amide bonds. The third-order valence-electron chi connectivity index (χ3n) is 11.0. The summed E-state index contributed by atoms with van der Waals surface area (Å²) in [5.74, 6) is -0.596. The molecule has 1 aliphatic rings. The van der Waals surface area contributed by atoms with Gasteiger partial charge in [-0.2, -0.15) is 0 Å². The maximum absolute atomic E-state index is 14.8. The number of fused-ring (bicyclic) bond motifs is 2. The van der Waals surface area contributed by atoms with Crippen LogP contribution in [0.4, 0.5) is 0 Å². The minimum atomic E-state index is -0.400. The Kier molecular flexibility index (Phi) is 11.2. The van der Waals surface area contributed by atoms with Gasteiger partial charge < -0.3 is 4.74 Å². The highest BCUT2D eigenvalue weighted by molar-refractivity contribution is 6.40. The molecule has 0 saturated heterocycles. The summed E-state index contributed by atoms with van der Waals surface area (Å²) >= 11 is 0. The predicted molar refractivity (Wildman–Crippen MR) is 203 cm³/mol. The standard InChI is InChI=1S/C44H53NO4/c1-5-9-12-14-21-31(22-15-13-10-6-2)45-42(46)35-26-25-33-32-23-16-19-30-20-17-24-34(38(30)32)39-37(27-36(43(45)47)40(35)41(33)39)44(48)49-28-29(8-4)18-11-7-3/h16-17,19-20,23-27,29,31H,5-15,18,21-22,28H2,1-4H3. The van der Waals surface area contributed by atoms with E-state index >= 15 is 0 Å². The number of rotatable bonds is 18. The summed E-state index contributed by atoms with van der Waals surface area (Å²) < 4.78 is 6.12. The molecule has 1 unspecified atom stereocenters. The first-order valence-corrected chi connectivity index (χ1v) is 19.2. The summed E-state index contributed by atoms with van der Waals surface area (Å²) in [6.45, 7) is 9.08. The largest absolute Gasteiger partial charge is 0.462 e. The minimum absolute atomic E-state index is 0.169. The number of esters is 1. The summed E-state index contributed by atoms with van der Waals surface area (Å²) in [7, 11) is 0. The topological polar surface area (TPSA) is 63.7 Å². The van der Waals surface area contributed by atoms with E-state index in [4.69, 9.17) is 4.74 Å². The maximum atomic E-state index is 14.8. The average molecular weight is 660 g/mol. The third-order valence-corrected chi connectivity index (χ3v) is 11.0. The number of nitrogens with zero attached hydrogens (tertiary/aromatic N) is 1. The van der Waals surface area contributed by atoms with Crippen LogP contribution in [0.5, 0.6) is 0 Å². The zero-order chi connectivity index (χ0) is 34.5. The number of carbonyl (C=O) groups excluding carboxylic acids is 3. The van der Waals surface area contributed by atoms with Crippen molar-refractivity contribution in [3.8, 4) is 0 Å². The summed E-state index contributed by atoms with van der Waals surface area (Å²) in [6, 6.07) is 18.0. The molecule has 0 radical (unpaired) electrons. The van der Waals surface area contributed by atoms with Gasteiger partial charge in [-0.15, -0.1) is 0 Å². The fourth-order valence-electron chi connectivity index (χ4n) is 8.22. The van der Waals surface area contributed by atoms with Crippen molar-refractivity contribution in [2.24, 2.45) is 5.92 Å². The highest BCUT2D eigenvalue weighted by Crippen LogP contribution is 2.46. The Hall–Kier alpha value is -3.99. The Balaban J connectivity index is 1.53. The number of unbranched alkanes of at least 4 members (excludes halogenated alkanes) is 7. The number of hydrogen-bond acceptors (Lipinski definition) is 4. The second kappa shape index (κ2) is 15.7.